The minimum Gasteiger partial charge on any atom is -0.0620 e. The lowest BCUT2D eigenvalue weighted by molar-refractivity contribution is 1.37. The van der Waals surface area contributed by atoms with E-state index in [0.29, 0.717) is 0 Å². The number of hydrogen-bond donors (Lipinski definition) is 0. The van der Waals surface area contributed by atoms with Gasteiger partial charge in [-0.25, -0.2) is 0 Å². The van der Waals surface area contributed by atoms with Gasteiger partial charge in [-0.1, -0.05) is 83.4 Å². The Kier molecular flexibility index (Phi) is 5.76. The van der Waals surface area contributed by atoms with Crippen LogP contribution < -0.4 is 0 Å². The SMILES string of the molecule is Cc1ccc(C)c(-c2ccccc2C)c1.Cc1ccc(C)cc1. The first-order chi connectivity index (χ1) is 11.0. The van der Waals surface area contributed by atoms with Gasteiger partial charge >= 0.3 is 0 Å². The molecule has 0 fully saturated rings. The van der Waals surface area contributed by atoms with Gasteiger partial charge in [0.1, 0.15) is 0 Å². The van der Waals surface area contributed by atoms with Crippen LogP contribution in [0, 0.1) is 34.6 Å². The van der Waals surface area contributed by atoms with E-state index in [1.54, 1.807) is 0 Å². The van der Waals surface area contributed by atoms with E-state index in [9.17, 15) is 0 Å². The molecule has 0 aliphatic heterocycles. The molecule has 23 heavy (non-hydrogen) atoms. The van der Waals surface area contributed by atoms with Crippen molar-refractivity contribution < 1.29 is 0 Å². The maximum Gasteiger partial charge on any atom is -0.0149 e. The Morgan fingerprint density at radius 2 is 0.913 bits per heavy atom. The lowest BCUT2D eigenvalue weighted by Crippen LogP contribution is -1.87. The molecule has 0 aliphatic carbocycles. The fourth-order valence-corrected chi connectivity index (χ4v) is 2.54. The van der Waals surface area contributed by atoms with E-state index >= 15 is 0 Å². The second kappa shape index (κ2) is 7.78. The molecule has 0 aromatic heterocycles. The van der Waals surface area contributed by atoms with E-state index in [0.717, 1.165) is 0 Å². The Morgan fingerprint density at radius 1 is 0.435 bits per heavy atom. The minimum absolute atomic E-state index is 1.32. The van der Waals surface area contributed by atoms with Gasteiger partial charge in [-0.2, -0.15) is 0 Å². The van der Waals surface area contributed by atoms with Gasteiger partial charge in [0.05, 0.1) is 0 Å². The fraction of sp³-hybridized carbons (Fsp3) is 0.217. The van der Waals surface area contributed by atoms with Gasteiger partial charge in [-0.05, 0) is 56.9 Å². The maximum absolute atomic E-state index is 2.26. The first kappa shape index (κ1) is 17.0. The molecule has 0 saturated carbocycles. The van der Waals surface area contributed by atoms with Gasteiger partial charge in [0.25, 0.3) is 0 Å². The molecule has 0 amide bonds. The van der Waals surface area contributed by atoms with Crippen LogP contribution in [0.25, 0.3) is 11.1 Å². The van der Waals surface area contributed by atoms with Crippen molar-refractivity contribution >= 4 is 0 Å². The van der Waals surface area contributed by atoms with Gasteiger partial charge in [0, 0.05) is 0 Å². The van der Waals surface area contributed by atoms with E-state index in [1.807, 2.05) is 0 Å². The monoisotopic (exact) mass is 302 g/mol. The summed E-state index contributed by atoms with van der Waals surface area (Å²) in [7, 11) is 0. The zero-order chi connectivity index (χ0) is 16.8. The van der Waals surface area contributed by atoms with Crippen molar-refractivity contribution in [3.05, 3.63) is 94.5 Å². The molecule has 0 bridgehead atoms. The van der Waals surface area contributed by atoms with Crippen molar-refractivity contribution in [3.8, 4) is 11.1 Å². The highest BCUT2D eigenvalue weighted by atomic mass is 14.1. The van der Waals surface area contributed by atoms with E-state index in [4.69, 9.17) is 0 Å². The first-order valence-electron chi connectivity index (χ1n) is 8.14. The predicted molar refractivity (Wildman–Crippen MR) is 102 cm³/mol. The summed E-state index contributed by atoms with van der Waals surface area (Å²) in [6, 6.07) is 23.6. The zero-order valence-electron chi connectivity index (χ0n) is 14.9. The molecule has 0 unspecified atom stereocenters. The Bertz CT molecular complexity index is 743. The smallest absolute Gasteiger partial charge is 0.0149 e. The minimum atomic E-state index is 1.32. The summed E-state index contributed by atoms with van der Waals surface area (Å²) in [5.41, 5.74) is 9.36. The zero-order valence-corrected chi connectivity index (χ0v) is 14.9. The number of aryl methyl sites for hydroxylation is 5. The summed E-state index contributed by atoms with van der Waals surface area (Å²) in [5.74, 6) is 0. The molecule has 3 aromatic rings. The molecule has 0 saturated heterocycles. The van der Waals surface area contributed by atoms with Gasteiger partial charge in [0.15, 0.2) is 0 Å². The van der Waals surface area contributed by atoms with Crippen LogP contribution in [-0.2, 0) is 0 Å². The molecule has 0 spiro atoms. The molecule has 0 aliphatic rings. The van der Waals surface area contributed by atoms with Crippen LogP contribution in [0.1, 0.15) is 27.8 Å². The highest BCUT2D eigenvalue weighted by Gasteiger charge is 2.03. The van der Waals surface area contributed by atoms with Crippen LogP contribution in [-0.4, -0.2) is 0 Å². The molecule has 118 valence electrons. The number of benzene rings is 3. The Morgan fingerprint density at radius 3 is 1.48 bits per heavy atom. The van der Waals surface area contributed by atoms with E-state index in [1.165, 1.54) is 38.9 Å². The lowest BCUT2D eigenvalue weighted by atomic mass is 9.95. The normalized spacial score (nSPS) is 9.96. The third-order valence-electron chi connectivity index (χ3n) is 4.05. The van der Waals surface area contributed by atoms with Gasteiger partial charge in [-0.3, -0.25) is 0 Å². The lowest BCUT2D eigenvalue weighted by Gasteiger charge is -2.09. The summed E-state index contributed by atoms with van der Waals surface area (Å²) < 4.78 is 0. The van der Waals surface area contributed by atoms with Crippen molar-refractivity contribution in [3.63, 3.8) is 0 Å². The van der Waals surface area contributed by atoms with Crippen molar-refractivity contribution in [1.82, 2.24) is 0 Å². The predicted octanol–water partition coefficient (Wildman–Crippen LogP) is 6.58. The molecule has 3 rings (SSSR count). The second-order valence-electron chi connectivity index (χ2n) is 6.29. The highest BCUT2D eigenvalue weighted by Crippen LogP contribution is 2.27. The molecule has 0 nitrogen and oxygen atoms in total. The summed E-state index contributed by atoms with van der Waals surface area (Å²) >= 11 is 0. The van der Waals surface area contributed by atoms with Gasteiger partial charge in [-0.15, -0.1) is 0 Å². The second-order valence-corrected chi connectivity index (χ2v) is 6.29. The third kappa shape index (κ3) is 4.82. The number of hydrogen-bond acceptors (Lipinski definition) is 0. The maximum atomic E-state index is 2.26. The highest BCUT2D eigenvalue weighted by molar-refractivity contribution is 5.70. The van der Waals surface area contributed by atoms with Gasteiger partial charge in [0.2, 0.25) is 0 Å². The Hall–Kier alpha value is -2.34. The molecule has 0 N–H and O–H groups in total. The molecule has 0 heteroatoms. The van der Waals surface area contributed by atoms with Crippen molar-refractivity contribution in [2.24, 2.45) is 0 Å². The molecule has 0 radical (unpaired) electrons. The van der Waals surface area contributed by atoms with Crippen LogP contribution in [0.2, 0.25) is 0 Å². The Labute approximate surface area is 140 Å². The first-order valence-corrected chi connectivity index (χ1v) is 8.14. The van der Waals surface area contributed by atoms with Gasteiger partial charge < -0.3 is 0 Å². The molecular weight excluding hydrogens is 276 g/mol. The summed E-state index contributed by atoms with van der Waals surface area (Å²) in [6.07, 6.45) is 0. The quantitative estimate of drug-likeness (QED) is 0.476. The average Bonchev–Trinajstić information content (AvgIpc) is 2.54. The Balaban J connectivity index is 0.000000203. The molecule has 0 heterocycles. The van der Waals surface area contributed by atoms with E-state index < -0.39 is 0 Å². The van der Waals surface area contributed by atoms with Crippen molar-refractivity contribution in [1.29, 1.82) is 0 Å². The molecule has 3 aromatic carbocycles. The standard InChI is InChI=1S/C15H16.C8H10/c1-11-8-9-13(3)15(10-11)14-7-5-4-6-12(14)2;1-7-3-5-8(2)6-4-7/h4-10H,1-3H3;3-6H,1-2H3. The largest absolute Gasteiger partial charge is 0.0620 e. The van der Waals surface area contributed by atoms with Crippen LogP contribution in [0.4, 0.5) is 0 Å². The topological polar surface area (TPSA) is 0 Å². The van der Waals surface area contributed by atoms with Crippen molar-refractivity contribution in [2.75, 3.05) is 0 Å². The third-order valence-corrected chi connectivity index (χ3v) is 4.05. The van der Waals surface area contributed by atoms with Crippen LogP contribution in [0.15, 0.2) is 66.7 Å². The van der Waals surface area contributed by atoms with E-state index in [2.05, 4.69) is 101 Å². The van der Waals surface area contributed by atoms with Crippen LogP contribution in [0.3, 0.4) is 0 Å². The average molecular weight is 302 g/mol. The van der Waals surface area contributed by atoms with Crippen molar-refractivity contribution in [2.45, 2.75) is 34.6 Å². The summed E-state index contributed by atoms with van der Waals surface area (Å²) in [6.45, 7) is 10.7. The fourth-order valence-electron chi connectivity index (χ4n) is 2.54. The number of rotatable bonds is 1. The van der Waals surface area contributed by atoms with E-state index in [-0.39, 0.29) is 0 Å². The molecule has 0 atom stereocenters. The molecular formula is C23H26. The summed E-state index contributed by atoms with van der Waals surface area (Å²) in [4.78, 5) is 0. The summed E-state index contributed by atoms with van der Waals surface area (Å²) in [5, 5.41) is 0. The van der Waals surface area contributed by atoms with Crippen LogP contribution >= 0.6 is 0 Å². The van der Waals surface area contributed by atoms with Crippen LogP contribution in [0.5, 0.6) is 0 Å².